The Bertz CT molecular complexity index is 1210. The summed E-state index contributed by atoms with van der Waals surface area (Å²) in [6.45, 7) is 2.38. The lowest BCUT2D eigenvalue weighted by Gasteiger charge is -2.31. The van der Waals surface area contributed by atoms with Crippen LogP contribution in [-0.2, 0) is 10.0 Å². The molecular weight excluding hydrogens is 436 g/mol. The Labute approximate surface area is 195 Å². The van der Waals surface area contributed by atoms with Gasteiger partial charge < -0.3 is 15.1 Å². The first kappa shape index (κ1) is 23.0. The van der Waals surface area contributed by atoms with Gasteiger partial charge in [0.25, 0.3) is 5.91 Å². The van der Waals surface area contributed by atoms with E-state index in [1.807, 2.05) is 67.5 Å². The van der Waals surface area contributed by atoms with Crippen LogP contribution in [0.25, 0.3) is 0 Å². The van der Waals surface area contributed by atoms with Crippen LogP contribution in [0.5, 0.6) is 0 Å². The number of carbonyl (C=O) groups is 1. The molecule has 7 nitrogen and oxygen atoms in total. The number of hydrogen-bond donors (Lipinski definition) is 1. The van der Waals surface area contributed by atoms with Gasteiger partial charge in [0.05, 0.1) is 16.1 Å². The van der Waals surface area contributed by atoms with Gasteiger partial charge in [0.2, 0.25) is 10.0 Å². The van der Waals surface area contributed by atoms with Crippen molar-refractivity contribution in [3.63, 3.8) is 0 Å². The minimum Gasteiger partial charge on any atom is -0.344 e. The van der Waals surface area contributed by atoms with Crippen LogP contribution < -0.4 is 10.2 Å². The molecule has 0 atom stereocenters. The summed E-state index contributed by atoms with van der Waals surface area (Å²) in [6.07, 6.45) is 0. The van der Waals surface area contributed by atoms with E-state index in [9.17, 15) is 13.2 Å². The van der Waals surface area contributed by atoms with E-state index in [0.717, 1.165) is 11.4 Å². The first-order valence-electron chi connectivity index (χ1n) is 10.8. The molecule has 1 heterocycles. The van der Waals surface area contributed by atoms with E-state index in [2.05, 4.69) is 10.2 Å². The summed E-state index contributed by atoms with van der Waals surface area (Å²) >= 11 is 0. The van der Waals surface area contributed by atoms with Gasteiger partial charge in [-0.15, -0.1) is 0 Å². The fourth-order valence-corrected chi connectivity index (χ4v) is 5.26. The second kappa shape index (κ2) is 9.74. The largest absolute Gasteiger partial charge is 0.344 e. The summed E-state index contributed by atoms with van der Waals surface area (Å²) in [5, 5.41) is 2.89. The zero-order valence-corrected chi connectivity index (χ0v) is 19.6. The number of carbonyl (C=O) groups excluding carboxylic acids is 1. The number of likely N-dealkylation sites (N-methyl/N-ethyl adjacent to an activating group) is 1. The summed E-state index contributed by atoms with van der Waals surface area (Å²) in [6, 6.07) is 23.5. The Morgan fingerprint density at radius 3 is 2.12 bits per heavy atom. The molecule has 8 heteroatoms. The van der Waals surface area contributed by atoms with Crippen molar-refractivity contribution < 1.29 is 13.2 Å². The highest BCUT2D eigenvalue weighted by Gasteiger charge is 2.27. The lowest BCUT2D eigenvalue weighted by molar-refractivity contribution is 0.102. The molecule has 1 fully saturated rings. The molecule has 1 amide bonds. The number of sulfonamides is 1. The molecule has 1 saturated heterocycles. The Balaban J connectivity index is 1.50. The van der Waals surface area contributed by atoms with Crippen LogP contribution in [0.15, 0.2) is 83.8 Å². The SMILES string of the molecule is CN1CCN(S(=O)(=O)c2ccc(NC(=O)c3ccccc3N(C)c3ccccc3)cc2)CC1. The summed E-state index contributed by atoms with van der Waals surface area (Å²) < 4.78 is 27.3. The normalized spacial score (nSPS) is 15.2. The molecule has 0 bridgehead atoms. The van der Waals surface area contributed by atoms with Crippen molar-refractivity contribution in [1.82, 2.24) is 9.21 Å². The number of rotatable bonds is 6. The van der Waals surface area contributed by atoms with Crippen molar-refractivity contribution in [3.05, 3.63) is 84.4 Å². The van der Waals surface area contributed by atoms with Crippen LogP contribution in [-0.4, -0.2) is 63.8 Å². The van der Waals surface area contributed by atoms with Crippen LogP contribution in [0.1, 0.15) is 10.4 Å². The van der Waals surface area contributed by atoms with E-state index in [0.29, 0.717) is 37.4 Å². The number of nitrogens with zero attached hydrogens (tertiary/aromatic N) is 3. The molecule has 0 radical (unpaired) electrons. The van der Waals surface area contributed by atoms with Crippen molar-refractivity contribution >= 4 is 33.0 Å². The molecular formula is C25H28N4O3S. The quantitative estimate of drug-likeness (QED) is 0.603. The molecule has 1 aliphatic heterocycles. The van der Waals surface area contributed by atoms with Gasteiger partial charge in [-0.25, -0.2) is 8.42 Å². The molecule has 0 aromatic heterocycles. The van der Waals surface area contributed by atoms with Crippen LogP contribution in [0, 0.1) is 0 Å². The van der Waals surface area contributed by atoms with Crippen molar-refractivity contribution in [3.8, 4) is 0 Å². The second-order valence-corrected chi connectivity index (χ2v) is 10.0. The summed E-state index contributed by atoms with van der Waals surface area (Å²) in [4.78, 5) is 17.4. The first-order valence-corrected chi connectivity index (χ1v) is 12.3. The molecule has 0 spiro atoms. The zero-order valence-electron chi connectivity index (χ0n) is 18.8. The molecule has 3 aromatic carbocycles. The van der Waals surface area contributed by atoms with Gasteiger partial charge in [-0.1, -0.05) is 30.3 Å². The van der Waals surface area contributed by atoms with Gasteiger partial charge in [-0.05, 0) is 55.6 Å². The average molecular weight is 465 g/mol. The number of piperazine rings is 1. The van der Waals surface area contributed by atoms with Gasteiger partial charge in [0.1, 0.15) is 0 Å². The van der Waals surface area contributed by atoms with Crippen LogP contribution in [0.3, 0.4) is 0 Å². The van der Waals surface area contributed by atoms with Gasteiger partial charge >= 0.3 is 0 Å². The maximum atomic E-state index is 13.1. The third-order valence-corrected chi connectivity index (χ3v) is 7.78. The molecule has 0 aliphatic carbocycles. The van der Waals surface area contributed by atoms with Gasteiger partial charge in [-0.3, -0.25) is 4.79 Å². The lowest BCUT2D eigenvalue weighted by atomic mass is 10.1. The number of hydrogen-bond acceptors (Lipinski definition) is 5. The van der Waals surface area contributed by atoms with Gasteiger partial charge in [-0.2, -0.15) is 4.31 Å². The maximum absolute atomic E-state index is 13.1. The summed E-state index contributed by atoms with van der Waals surface area (Å²) in [5.74, 6) is -0.261. The molecule has 0 unspecified atom stereocenters. The molecule has 1 aliphatic rings. The van der Waals surface area contributed by atoms with Crippen LogP contribution in [0.2, 0.25) is 0 Å². The Morgan fingerprint density at radius 2 is 1.45 bits per heavy atom. The summed E-state index contributed by atoms with van der Waals surface area (Å²) in [5.41, 5.74) is 2.80. The molecule has 1 N–H and O–H groups in total. The predicted octanol–water partition coefficient (Wildman–Crippen LogP) is 3.64. The number of benzene rings is 3. The van der Waals surface area contributed by atoms with Crippen LogP contribution >= 0.6 is 0 Å². The summed E-state index contributed by atoms with van der Waals surface area (Å²) in [7, 11) is 0.355. The zero-order chi connectivity index (χ0) is 23.4. The highest BCUT2D eigenvalue weighted by atomic mass is 32.2. The van der Waals surface area contributed by atoms with E-state index < -0.39 is 10.0 Å². The monoisotopic (exact) mass is 464 g/mol. The Kier molecular flexibility index (Phi) is 6.78. The average Bonchev–Trinajstić information content (AvgIpc) is 2.85. The molecule has 172 valence electrons. The lowest BCUT2D eigenvalue weighted by Crippen LogP contribution is -2.46. The molecule has 4 rings (SSSR count). The van der Waals surface area contributed by atoms with Crippen molar-refractivity contribution in [1.29, 1.82) is 0 Å². The predicted molar refractivity (Wildman–Crippen MR) is 132 cm³/mol. The van der Waals surface area contributed by atoms with E-state index in [1.54, 1.807) is 30.3 Å². The highest BCUT2D eigenvalue weighted by Crippen LogP contribution is 2.28. The van der Waals surface area contributed by atoms with Crippen molar-refractivity contribution in [2.75, 3.05) is 50.5 Å². The standard InChI is InChI=1S/C25H28N4O3S/c1-27-16-18-29(19-17-27)33(31,32)22-14-12-20(13-15-22)26-25(30)23-10-6-7-11-24(23)28(2)21-8-4-3-5-9-21/h3-15H,16-19H2,1-2H3,(H,26,30). The molecule has 33 heavy (non-hydrogen) atoms. The van der Waals surface area contributed by atoms with E-state index in [-0.39, 0.29) is 10.8 Å². The third kappa shape index (κ3) is 5.08. The number of para-hydroxylation sites is 2. The number of nitrogens with one attached hydrogen (secondary N) is 1. The molecule has 0 saturated carbocycles. The van der Waals surface area contributed by atoms with E-state index in [1.165, 1.54) is 4.31 Å². The Morgan fingerprint density at radius 1 is 0.848 bits per heavy atom. The first-order chi connectivity index (χ1) is 15.9. The van der Waals surface area contributed by atoms with Crippen LogP contribution in [0.4, 0.5) is 17.1 Å². The van der Waals surface area contributed by atoms with E-state index >= 15 is 0 Å². The number of amides is 1. The fraction of sp³-hybridized carbons (Fsp3) is 0.240. The Hall–Kier alpha value is -3.20. The smallest absolute Gasteiger partial charge is 0.257 e. The van der Waals surface area contributed by atoms with Gasteiger partial charge in [0, 0.05) is 44.6 Å². The van der Waals surface area contributed by atoms with Crippen molar-refractivity contribution in [2.24, 2.45) is 0 Å². The minimum atomic E-state index is -3.54. The topological polar surface area (TPSA) is 73.0 Å². The van der Waals surface area contributed by atoms with E-state index in [4.69, 9.17) is 0 Å². The molecule has 3 aromatic rings. The van der Waals surface area contributed by atoms with Crippen molar-refractivity contribution in [2.45, 2.75) is 4.90 Å². The highest BCUT2D eigenvalue weighted by molar-refractivity contribution is 7.89. The third-order valence-electron chi connectivity index (χ3n) is 5.87. The number of anilines is 3. The van der Waals surface area contributed by atoms with Gasteiger partial charge in [0.15, 0.2) is 0 Å². The minimum absolute atomic E-state index is 0.231. The fourth-order valence-electron chi connectivity index (χ4n) is 3.84. The second-order valence-electron chi connectivity index (χ2n) is 8.10. The maximum Gasteiger partial charge on any atom is 0.257 e.